The van der Waals surface area contributed by atoms with Crippen molar-refractivity contribution in [2.24, 2.45) is 0 Å². The number of fused-ring (bicyclic) bond motifs is 2. The molecule has 0 unspecified atom stereocenters. The van der Waals surface area contributed by atoms with Crippen molar-refractivity contribution >= 4 is 39.7 Å². The van der Waals surface area contributed by atoms with Crippen LogP contribution in [0.3, 0.4) is 0 Å². The lowest BCUT2D eigenvalue weighted by Crippen LogP contribution is -2.49. The Kier molecular flexibility index (Phi) is 7.34. The summed E-state index contributed by atoms with van der Waals surface area (Å²) in [6, 6.07) is 24.7. The fourth-order valence-corrected chi connectivity index (χ4v) is 5.06. The summed E-state index contributed by atoms with van der Waals surface area (Å²) >= 11 is 0. The minimum absolute atomic E-state index is 0.272. The van der Waals surface area contributed by atoms with Crippen molar-refractivity contribution in [3.8, 4) is 11.5 Å². The number of aromatic nitrogens is 2. The van der Waals surface area contributed by atoms with Gasteiger partial charge in [-0.3, -0.25) is 9.69 Å². The normalized spacial score (nSPS) is 14.3. The molecule has 0 spiro atoms. The second-order valence-corrected chi connectivity index (χ2v) is 11.4. The number of hydrogen-bond acceptors (Lipinski definition) is 7. The smallest absolute Gasteiger partial charge is 0.410 e. The zero-order valence-corrected chi connectivity index (χ0v) is 24.0. The van der Waals surface area contributed by atoms with Crippen LogP contribution in [0.5, 0.6) is 0 Å². The van der Waals surface area contributed by atoms with Gasteiger partial charge >= 0.3 is 6.09 Å². The fourth-order valence-electron chi connectivity index (χ4n) is 5.06. The number of hydrogen-bond donors (Lipinski definition) is 1. The Morgan fingerprint density at radius 3 is 2.40 bits per heavy atom. The molecule has 9 heteroatoms. The van der Waals surface area contributed by atoms with E-state index in [0.717, 1.165) is 35.1 Å². The van der Waals surface area contributed by atoms with E-state index in [1.165, 1.54) is 0 Å². The van der Waals surface area contributed by atoms with Crippen LogP contribution in [-0.4, -0.2) is 63.5 Å². The van der Waals surface area contributed by atoms with Crippen LogP contribution in [0.15, 0.2) is 83.3 Å². The number of pyridine rings is 1. The number of amides is 2. The van der Waals surface area contributed by atoms with Crippen LogP contribution in [0.25, 0.3) is 33.5 Å². The number of piperazine rings is 1. The highest BCUT2D eigenvalue weighted by atomic mass is 16.6. The van der Waals surface area contributed by atoms with Gasteiger partial charge < -0.3 is 19.4 Å². The molecule has 42 heavy (non-hydrogen) atoms. The summed E-state index contributed by atoms with van der Waals surface area (Å²) in [5.74, 6) is 0.116. The number of carbonyl (C=O) groups is 2. The third-order valence-electron chi connectivity index (χ3n) is 7.15. The molecule has 1 saturated heterocycles. The number of benzene rings is 3. The van der Waals surface area contributed by atoms with Crippen LogP contribution < -0.4 is 5.32 Å². The number of anilines is 1. The number of oxazole rings is 1. The van der Waals surface area contributed by atoms with Crippen molar-refractivity contribution < 1.29 is 18.7 Å². The molecule has 1 aliphatic rings. The first kappa shape index (κ1) is 27.4. The fraction of sp³-hybridized carbons (Fsp3) is 0.273. The van der Waals surface area contributed by atoms with E-state index in [2.05, 4.69) is 15.2 Å². The first-order valence-electron chi connectivity index (χ1n) is 14.1. The van der Waals surface area contributed by atoms with Crippen molar-refractivity contribution in [3.63, 3.8) is 0 Å². The maximum absolute atomic E-state index is 13.2. The van der Waals surface area contributed by atoms with Gasteiger partial charge in [0, 0.05) is 43.7 Å². The maximum Gasteiger partial charge on any atom is 0.410 e. The van der Waals surface area contributed by atoms with E-state index in [-0.39, 0.29) is 12.0 Å². The quantitative estimate of drug-likeness (QED) is 0.266. The predicted octanol–water partition coefficient (Wildman–Crippen LogP) is 6.35. The van der Waals surface area contributed by atoms with Gasteiger partial charge in [0.15, 0.2) is 5.58 Å². The molecule has 0 saturated carbocycles. The van der Waals surface area contributed by atoms with Gasteiger partial charge in [-0.15, -0.1) is 0 Å². The molecule has 1 aliphatic heterocycles. The molecule has 0 radical (unpaired) electrons. The number of para-hydroxylation sites is 3. The van der Waals surface area contributed by atoms with Gasteiger partial charge in [0.05, 0.1) is 16.8 Å². The van der Waals surface area contributed by atoms with Crippen molar-refractivity contribution in [1.82, 2.24) is 19.8 Å². The van der Waals surface area contributed by atoms with Crippen LogP contribution in [0.2, 0.25) is 0 Å². The third kappa shape index (κ3) is 5.96. The second-order valence-electron chi connectivity index (χ2n) is 11.4. The molecule has 3 aromatic carbocycles. The first-order valence-corrected chi connectivity index (χ1v) is 14.1. The van der Waals surface area contributed by atoms with Gasteiger partial charge in [0.25, 0.3) is 5.91 Å². The lowest BCUT2D eigenvalue weighted by molar-refractivity contribution is 0.0139. The van der Waals surface area contributed by atoms with E-state index >= 15 is 0 Å². The van der Waals surface area contributed by atoms with Gasteiger partial charge in [-0.25, -0.2) is 14.8 Å². The molecule has 5 aromatic rings. The first-order chi connectivity index (χ1) is 20.2. The van der Waals surface area contributed by atoms with Gasteiger partial charge in [-0.2, -0.15) is 0 Å². The topological polar surface area (TPSA) is 101 Å². The summed E-state index contributed by atoms with van der Waals surface area (Å²) < 4.78 is 11.9. The molecule has 6 rings (SSSR count). The van der Waals surface area contributed by atoms with Crippen molar-refractivity contribution in [1.29, 1.82) is 0 Å². The molecule has 0 atom stereocenters. The number of ether oxygens (including phenoxy) is 1. The maximum atomic E-state index is 13.2. The summed E-state index contributed by atoms with van der Waals surface area (Å²) in [5, 5.41) is 3.96. The number of carbonyl (C=O) groups excluding carboxylic acids is 2. The van der Waals surface area contributed by atoms with Crippen LogP contribution in [0.1, 0.15) is 36.8 Å². The Balaban J connectivity index is 1.19. The standard InChI is InChI=1S/C33H33N5O4/c1-33(2,3)42-32(40)38-19-17-37(18-20-38)21-23-10-8-14-27-29(23)41-31(36-27)24-11-5-7-13-26(24)35-30(39)28-16-15-22-9-4-6-12-25(22)34-28/h4-16H,17-21H2,1-3H3,(H,35,39). The van der Waals surface area contributed by atoms with Crippen molar-refractivity contribution in [3.05, 3.63) is 90.1 Å². The zero-order chi connectivity index (χ0) is 29.3. The van der Waals surface area contributed by atoms with Crippen LogP contribution in [0, 0.1) is 0 Å². The summed E-state index contributed by atoms with van der Waals surface area (Å²) in [6.07, 6.45) is -0.272. The Morgan fingerprint density at radius 1 is 0.857 bits per heavy atom. The van der Waals surface area contributed by atoms with Crippen molar-refractivity contribution in [2.45, 2.75) is 32.9 Å². The molecule has 2 amide bonds. The minimum Gasteiger partial charge on any atom is -0.444 e. The summed E-state index contributed by atoms with van der Waals surface area (Å²) in [6.45, 7) is 8.96. The Bertz CT molecular complexity index is 1770. The monoisotopic (exact) mass is 563 g/mol. The van der Waals surface area contributed by atoms with E-state index in [1.54, 1.807) is 11.0 Å². The number of nitrogens with one attached hydrogen (secondary N) is 1. The van der Waals surface area contributed by atoms with E-state index in [9.17, 15) is 9.59 Å². The molecule has 3 heterocycles. The Labute approximate surface area is 244 Å². The number of nitrogens with zero attached hydrogens (tertiary/aromatic N) is 4. The van der Waals surface area contributed by atoms with Crippen LogP contribution >= 0.6 is 0 Å². The van der Waals surface area contributed by atoms with Crippen molar-refractivity contribution in [2.75, 3.05) is 31.5 Å². The van der Waals surface area contributed by atoms with E-state index in [1.807, 2.05) is 93.6 Å². The molecule has 1 fully saturated rings. The van der Waals surface area contributed by atoms with Crippen LogP contribution in [0.4, 0.5) is 10.5 Å². The average Bonchev–Trinajstić information content (AvgIpc) is 3.42. The summed E-state index contributed by atoms with van der Waals surface area (Å²) in [7, 11) is 0. The number of rotatable bonds is 5. The van der Waals surface area contributed by atoms with Gasteiger partial charge in [-0.05, 0) is 51.1 Å². The van der Waals surface area contributed by atoms with E-state index < -0.39 is 5.60 Å². The summed E-state index contributed by atoms with van der Waals surface area (Å²) in [4.78, 5) is 38.9. The molecule has 1 N–H and O–H groups in total. The van der Waals surface area contributed by atoms with E-state index in [4.69, 9.17) is 14.1 Å². The summed E-state index contributed by atoms with van der Waals surface area (Å²) in [5.41, 5.74) is 4.31. The molecule has 9 nitrogen and oxygen atoms in total. The largest absolute Gasteiger partial charge is 0.444 e. The molecular formula is C33H33N5O4. The predicted molar refractivity (Wildman–Crippen MR) is 162 cm³/mol. The zero-order valence-electron chi connectivity index (χ0n) is 24.0. The highest BCUT2D eigenvalue weighted by Crippen LogP contribution is 2.32. The van der Waals surface area contributed by atoms with Gasteiger partial charge in [0.2, 0.25) is 5.89 Å². The highest BCUT2D eigenvalue weighted by molar-refractivity contribution is 6.05. The van der Waals surface area contributed by atoms with Gasteiger partial charge in [-0.1, -0.05) is 48.5 Å². The molecule has 2 aromatic heterocycles. The second kappa shape index (κ2) is 11.3. The minimum atomic E-state index is -0.511. The molecule has 214 valence electrons. The highest BCUT2D eigenvalue weighted by Gasteiger charge is 2.26. The SMILES string of the molecule is CC(C)(C)OC(=O)N1CCN(Cc2cccc3nc(-c4ccccc4NC(=O)c4ccc5ccccc5n4)oc23)CC1. The molecule has 0 aliphatic carbocycles. The Morgan fingerprint density at radius 2 is 1.60 bits per heavy atom. The Hall–Kier alpha value is -4.76. The molecular weight excluding hydrogens is 530 g/mol. The average molecular weight is 564 g/mol. The molecule has 0 bridgehead atoms. The lowest BCUT2D eigenvalue weighted by atomic mass is 10.1. The van der Waals surface area contributed by atoms with Gasteiger partial charge in [0.1, 0.15) is 16.8 Å². The third-order valence-corrected chi connectivity index (χ3v) is 7.15. The van der Waals surface area contributed by atoms with Crippen LogP contribution in [-0.2, 0) is 11.3 Å². The lowest BCUT2D eigenvalue weighted by Gasteiger charge is -2.35. The van der Waals surface area contributed by atoms with E-state index in [0.29, 0.717) is 48.1 Å².